The maximum Gasteiger partial charge on any atom is 0.187 e. The van der Waals surface area contributed by atoms with Crippen LogP contribution in [-0.4, -0.2) is 11.6 Å². The monoisotopic (exact) mass is 374 g/mol. The summed E-state index contributed by atoms with van der Waals surface area (Å²) in [6.45, 7) is 0. The maximum atomic E-state index is 11.7. The Bertz CT molecular complexity index is 787. The standard InChI is InChI=1S/C20H16N2O2.Ni/c23-19-11-5-1-7-15(19)13-21-17-9-3-4-10-18(17)22-14-16-8-2-6-12-20(16)24;/h1-14,21-22H;. The van der Waals surface area contributed by atoms with Gasteiger partial charge in [-0.05, 0) is 36.4 Å². The third-order valence-electron chi connectivity index (χ3n) is 3.53. The van der Waals surface area contributed by atoms with Crippen LogP contribution in [0, 0.1) is 0 Å². The molecule has 2 N–H and O–H groups in total. The Balaban J connectivity index is 0.00000225. The molecule has 0 aromatic heterocycles. The molecule has 2 aliphatic rings. The number of anilines is 2. The molecule has 0 heterocycles. The Morgan fingerprint density at radius 1 is 0.640 bits per heavy atom. The van der Waals surface area contributed by atoms with Crippen molar-refractivity contribution in [2.75, 3.05) is 10.6 Å². The Morgan fingerprint density at radius 3 is 1.44 bits per heavy atom. The fourth-order valence-electron chi connectivity index (χ4n) is 2.25. The van der Waals surface area contributed by atoms with Gasteiger partial charge in [-0.1, -0.05) is 36.4 Å². The van der Waals surface area contributed by atoms with Crippen molar-refractivity contribution in [3.05, 3.63) is 96.4 Å². The van der Waals surface area contributed by atoms with Crippen LogP contribution in [0.2, 0.25) is 0 Å². The van der Waals surface area contributed by atoms with Gasteiger partial charge in [-0.25, -0.2) is 0 Å². The van der Waals surface area contributed by atoms with Crippen LogP contribution in [0.5, 0.6) is 0 Å². The summed E-state index contributed by atoms with van der Waals surface area (Å²) < 4.78 is 0. The first-order valence-electron chi connectivity index (χ1n) is 7.54. The first kappa shape index (κ1) is 18.4. The van der Waals surface area contributed by atoms with Gasteiger partial charge in [0.05, 0.1) is 11.4 Å². The Morgan fingerprint density at radius 2 is 1.04 bits per heavy atom. The van der Waals surface area contributed by atoms with E-state index < -0.39 is 0 Å². The van der Waals surface area contributed by atoms with Crippen molar-refractivity contribution in [3.63, 3.8) is 0 Å². The minimum atomic E-state index is -0.0396. The third kappa shape index (κ3) is 4.78. The average Bonchev–Trinajstić information content (AvgIpc) is 2.61. The molecule has 1 aromatic carbocycles. The number of hydrogen-bond donors (Lipinski definition) is 2. The largest absolute Gasteiger partial charge is 0.359 e. The summed E-state index contributed by atoms with van der Waals surface area (Å²) in [6.07, 6.45) is 17.0. The number of allylic oxidation sites excluding steroid dienone is 10. The molecule has 0 saturated carbocycles. The molecule has 1 aromatic rings. The van der Waals surface area contributed by atoms with Gasteiger partial charge in [-0.15, -0.1) is 0 Å². The van der Waals surface area contributed by atoms with E-state index in [9.17, 15) is 9.59 Å². The third-order valence-corrected chi connectivity index (χ3v) is 3.53. The van der Waals surface area contributed by atoms with E-state index in [1.54, 1.807) is 36.7 Å². The first-order valence-corrected chi connectivity index (χ1v) is 7.54. The van der Waals surface area contributed by atoms with E-state index in [0.717, 1.165) is 11.4 Å². The summed E-state index contributed by atoms with van der Waals surface area (Å²) in [5.41, 5.74) is 2.78. The van der Waals surface area contributed by atoms with Crippen LogP contribution in [0.15, 0.2) is 96.4 Å². The molecule has 5 heteroatoms. The Hall–Kier alpha value is -2.91. The van der Waals surface area contributed by atoms with E-state index in [0.29, 0.717) is 11.1 Å². The second-order valence-electron chi connectivity index (χ2n) is 5.20. The van der Waals surface area contributed by atoms with Gasteiger partial charge < -0.3 is 10.6 Å². The number of carbonyl (C=O) groups is 2. The topological polar surface area (TPSA) is 58.2 Å². The molecule has 0 atom stereocenters. The number of nitrogens with one attached hydrogen (secondary N) is 2. The van der Waals surface area contributed by atoms with E-state index in [1.807, 2.05) is 36.4 Å². The molecule has 0 radical (unpaired) electrons. The number of para-hydroxylation sites is 2. The van der Waals surface area contributed by atoms with Crippen LogP contribution in [0.1, 0.15) is 0 Å². The molecule has 0 aliphatic heterocycles. The SMILES string of the molecule is O=C1C=CC=CC1=CNc1ccccc1NC=C1C=CC=CC1=O.[Ni]. The minimum absolute atomic E-state index is 0. The summed E-state index contributed by atoms with van der Waals surface area (Å²) in [5.74, 6) is -0.0791. The van der Waals surface area contributed by atoms with E-state index in [2.05, 4.69) is 10.6 Å². The molecular formula is C20H16N2NiO2. The van der Waals surface area contributed by atoms with Gasteiger partial charge in [0.1, 0.15) is 0 Å². The van der Waals surface area contributed by atoms with Crippen molar-refractivity contribution in [1.82, 2.24) is 0 Å². The average molecular weight is 375 g/mol. The smallest absolute Gasteiger partial charge is 0.187 e. The van der Waals surface area contributed by atoms with Gasteiger partial charge in [0.2, 0.25) is 0 Å². The number of carbonyl (C=O) groups excluding carboxylic acids is 2. The van der Waals surface area contributed by atoms with Crippen molar-refractivity contribution >= 4 is 22.9 Å². The fourth-order valence-corrected chi connectivity index (χ4v) is 2.25. The second kappa shape index (κ2) is 8.81. The predicted octanol–water partition coefficient (Wildman–Crippen LogP) is 3.67. The molecule has 4 nitrogen and oxygen atoms in total. The van der Waals surface area contributed by atoms with Crippen LogP contribution in [-0.2, 0) is 26.1 Å². The number of hydrogen-bond acceptors (Lipinski definition) is 4. The molecule has 0 unspecified atom stereocenters. The van der Waals surface area contributed by atoms with Crippen molar-refractivity contribution in [2.45, 2.75) is 0 Å². The van der Waals surface area contributed by atoms with Crippen molar-refractivity contribution in [1.29, 1.82) is 0 Å². The van der Waals surface area contributed by atoms with Crippen LogP contribution < -0.4 is 10.6 Å². The van der Waals surface area contributed by atoms with Crippen LogP contribution in [0.25, 0.3) is 0 Å². The maximum absolute atomic E-state index is 11.7. The molecular weight excluding hydrogens is 359 g/mol. The fraction of sp³-hybridized carbons (Fsp3) is 0. The van der Waals surface area contributed by atoms with Crippen molar-refractivity contribution in [3.8, 4) is 0 Å². The molecule has 3 rings (SSSR count). The van der Waals surface area contributed by atoms with Gasteiger partial charge in [0.25, 0.3) is 0 Å². The second-order valence-corrected chi connectivity index (χ2v) is 5.20. The van der Waals surface area contributed by atoms with Crippen LogP contribution in [0.3, 0.4) is 0 Å². The van der Waals surface area contributed by atoms with Crippen molar-refractivity contribution in [2.24, 2.45) is 0 Å². The number of ketones is 2. The quantitative estimate of drug-likeness (QED) is 0.623. The number of rotatable bonds is 4. The normalized spacial score (nSPS) is 18.6. The number of benzene rings is 1. The summed E-state index contributed by atoms with van der Waals surface area (Å²) in [4.78, 5) is 23.5. The molecule has 0 saturated heterocycles. The van der Waals surface area contributed by atoms with Gasteiger partial charge in [-0.2, -0.15) is 0 Å². The molecule has 2 aliphatic carbocycles. The zero-order chi connectivity index (χ0) is 16.8. The Labute approximate surface area is 156 Å². The van der Waals surface area contributed by atoms with Crippen molar-refractivity contribution < 1.29 is 26.1 Å². The van der Waals surface area contributed by atoms with E-state index >= 15 is 0 Å². The first-order chi connectivity index (χ1) is 11.7. The minimum Gasteiger partial charge on any atom is -0.359 e. The molecule has 0 fully saturated rings. The van der Waals surface area contributed by atoms with Crippen LogP contribution >= 0.6 is 0 Å². The van der Waals surface area contributed by atoms with Gasteiger partial charge >= 0.3 is 0 Å². The molecule has 0 amide bonds. The zero-order valence-corrected chi connectivity index (χ0v) is 14.2. The van der Waals surface area contributed by atoms with E-state index in [1.165, 1.54) is 12.2 Å². The Kier molecular flexibility index (Phi) is 6.49. The molecule has 25 heavy (non-hydrogen) atoms. The summed E-state index contributed by atoms with van der Waals surface area (Å²) in [7, 11) is 0. The molecule has 0 spiro atoms. The summed E-state index contributed by atoms with van der Waals surface area (Å²) in [6, 6.07) is 7.57. The molecule has 128 valence electrons. The summed E-state index contributed by atoms with van der Waals surface area (Å²) in [5, 5.41) is 6.27. The van der Waals surface area contributed by atoms with Crippen LogP contribution in [0.4, 0.5) is 11.4 Å². The van der Waals surface area contributed by atoms with Gasteiger partial charge in [-0.3, -0.25) is 9.59 Å². The van der Waals surface area contributed by atoms with E-state index in [-0.39, 0.29) is 28.1 Å². The summed E-state index contributed by atoms with van der Waals surface area (Å²) >= 11 is 0. The van der Waals surface area contributed by atoms with Gasteiger partial charge in [0.15, 0.2) is 11.6 Å². The predicted molar refractivity (Wildman–Crippen MR) is 96.4 cm³/mol. The van der Waals surface area contributed by atoms with E-state index in [4.69, 9.17) is 0 Å². The zero-order valence-electron chi connectivity index (χ0n) is 13.2. The molecule has 0 bridgehead atoms. The van der Waals surface area contributed by atoms with Gasteiger partial charge in [0, 0.05) is 40.0 Å².